The number of halogens is 3. The molecule has 0 saturated heterocycles. The summed E-state index contributed by atoms with van der Waals surface area (Å²) in [6, 6.07) is 6.46. The van der Waals surface area contributed by atoms with Gasteiger partial charge in [0, 0.05) is 0 Å². The molecule has 2 nitrogen and oxygen atoms in total. The third kappa shape index (κ3) is 4.57. The van der Waals surface area contributed by atoms with Gasteiger partial charge in [0.1, 0.15) is 6.07 Å². The minimum atomic E-state index is -5.09. The van der Waals surface area contributed by atoms with Gasteiger partial charge in [0.2, 0.25) is 0 Å². The van der Waals surface area contributed by atoms with E-state index in [9.17, 15) is 12.9 Å². The summed E-state index contributed by atoms with van der Waals surface area (Å²) >= 11 is 0. The molecule has 0 atom stereocenters. The molecule has 0 aliphatic heterocycles. The van der Waals surface area contributed by atoms with Crippen molar-refractivity contribution >= 4 is 12.4 Å². The number of nitriles is 1. The van der Waals surface area contributed by atoms with Crippen LogP contribution in [0.25, 0.3) is 0 Å². The Morgan fingerprint density at radius 3 is 2.40 bits per heavy atom. The van der Waals surface area contributed by atoms with Gasteiger partial charge in [-0.1, -0.05) is 23.7 Å². The molecule has 1 aromatic carbocycles. The van der Waals surface area contributed by atoms with Crippen LogP contribution < -0.4 is 61.6 Å². The van der Waals surface area contributed by atoms with E-state index in [-0.39, 0.29) is 63.7 Å². The van der Waals surface area contributed by atoms with E-state index in [0.717, 1.165) is 6.07 Å². The predicted octanol–water partition coefficient (Wildman–Crippen LogP) is -1.35. The molecule has 0 heterocycles. The first-order valence-electron chi connectivity index (χ1n) is 3.84. The summed E-state index contributed by atoms with van der Waals surface area (Å²) in [5, 5.41) is 8.17. The predicted molar refractivity (Wildman–Crippen MR) is 46.3 cm³/mol. The molecule has 1 rings (SSSR count). The average molecular weight is 239 g/mol. The molecular formula is C8H6BF3KNO. The molecule has 74 valence electrons. The summed E-state index contributed by atoms with van der Waals surface area (Å²) in [6.07, 6.45) is 0. The third-order valence-electron chi connectivity index (χ3n) is 1.56. The van der Waals surface area contributed by atoms with Crippen LogP contribution in [0.3, 0.4) is 0 Å². The molecular weight excluding hydrogens is 233 g/mol. The number of para-hydroxylation sites is 1. The van der Waals surface area contributed by atoms with Gasteiger partial charge in [-0.15, -0.1) is 0 Å². The number of hydrogen-bond donors (Lipinski definition) is 0. The minimum absolute atomic E-state index is 0. The Labute approximate surface area is 128 Å². The van der Waals surface area contributed by atoms with E-state index in [1.807, 2.05) is 0 Å². The number of rotatable bonds is 3. The van der Waals surface area contributed by atoms with Crippen molar-refractivity contribution in [1.29, 1.82) is 5.26 Å². The second-order valence-corrected chi connectivity index (χ2v) is 2.56. The van der Waals surface area contributed by atoms with Crippen molar-refractivity contribution in [1.82, 2.24) is 0 Å². The largest absolute Gasteiger partial charge is 1.00 e. The van der Waals surface area contributed by atoms with Crippen LogP contribution in [0.2, 0.25) is 0 Å². The van der Waals surface area contributed by atoms with Crippen molar-refractivity contribution in [3.8, 4) is 11.8 Å². The fourth-order valence-electron chi connectivity index (χ4n) is 0.992. The molecule has 0 amide bonds. The molecule has 1 aromatic rings. The van der Waals surface area contributed by atoms with Crippen LogP contribution >= 0.6 is 0 Å². The SMILES string of the molecule is N#CCOc1ccccc1[B-](F)(F)F.[K+]. The van der Waals surface area contributed by atoms with E-state index in [0.29, 0.717) is 0 Å². The molecule has 0 bridgehead atoms. The maximum Gasteiger partial charge on any atom is 1.00 e. The third-order valence-corrected chi connectivity index (χ3v) is 1.56. The van der Waals surface area contributed by atoms with E-state index in [2.05, 4.69) is 4.74 Å². The van der Waals surface area contributed by atoms with Crippen molar-refractivity contribution in [2.75, 3.05) is 6.61 Å². The van der Waals surface area contributed by atoms with Crippen molar-refractivity contribution < 1.29 is 69.1 Å². The summed E-state index contributed by atoms with van der Waals surface area (Å²) in [6.45, 7) is -5.47. The zero-order valence-electron chi connectivity index (χ0n) is 8.08. The Morgan fingerprint density at radius 2 is 1.87 bits per heavy atom. The molecule has 0 saturated carbocycles. The minimum Gasteiger partial charge on any atom is -0.482 e. The molecule has 0 spiro atoms. The fourth-order valence-corrected chi connectivity index (χ4v) is 0.992. The Morgan fingerprint density at radius 1 is 1.27 bits per heavy atom. The molecule has 0 unspecified atom stereocenters. The molecule has 0 aliphatic carbocycles. The second kappa shape index (κ2) is 6.56. The van der Waals surface area contributed by atoms with Crippen LogP contribution in [0, 0.1) is 11.3 Å². The van der Waals surface area contributed by atoms with Crippen LogP contribution in [0.1, 0.15) is 0 Å². The van der Waals surface area contributed by atoms with Crippen LogP contribution in [0.5, 0.6) is 5.75 Å². The summed E-state index contributed by atoms with van der Waals surface area (Å²) in [4.78, 5) is 0. The van der Waals surface area contributed by atoms with Gasteiger partial charge in [-0.25, -0.2) is 0 Å². The van der Waals surface area contributed by atoms with Crippen molar-refractivity contribution in [2.45, 2.75) is 0 Å². The van der Waals surface area contributed by atoms with E-state index < -0.39 is 12.4 Å². The van der Waals surface area contributed by atoms with Crippen LogP contribution in [-0.2, 0) is 0 Å². The summed E-state index contributed by atoms with van der Waals surface area (Å²) in [7, 11) is 0. The standard InChI is InChI=1S/C8H6BF3NO.K/c10-9(11,12)7-3-1-2-4-8(7)14-6-5-13;/h1-4H,6H2;/q-1;+1. The number of ether oxygens (including phenoxy) is 1. The summed E-state index contributed by atoms with van der Waals surface area (Å²) in [5.74, 6) is -0.290. The van der Waals surface area contributed by atoms with Crippen LogP contribution in [-0.4, -0.2) is 13.6 Å². The number of hydrogen-bond acceptors (Lipinski definition) is 2. The molecule has 0 radical (unpaired) electrons. The quantitative estimate of drug-likeness (QED) is 0.611. The fraction of sp³-hybridized carbons (Fsp3) is 0.125. The molecule has 0 aliphatic rings. The zero-order valence-corrected chi connectivity index (χ0v) is 11.2. The van der Waals surface area contributed by atoms with E-state index >= 15 is 0 Å². The maximum atomic E-state index is 12.4. The van der Waals surface area contributed by atoms with Crippen molar-refractivity contribution in [3.63, 3.8) is 0 Å². The molecule has 15 heavy (non-hydrogen) atoms. The van der Waals surface area contributed by atoms with E-state index in [1.54, 1.807) is 6.07 Å². The van der Waals surface area contributed by atoms with Gasteiger partial charge in [0.25, 0.3) is 0 Å². The van der Waals surface area contributed by atoms with Crippen LogP contribution in [0.4, 0.5) is 12.9 Å². The number of benzene rings is 1. The van der Waals surface area contributed by atoms with Gasteiger partial charge in [-0.05, 0) is 6.07 Å². The van der Waals surface area contributed by atoms with Gasteiger partial charge in [0.05, 0.1) is 5.75 Å². The summed E-state index contributed by atoms with van der Waals surface area (Å²) in [5.41, 5.74) is -0.803. The first-order valence-corrected chi connectivity index (χ1v) is 3.84. The Balaban J connectivity index is 0.00000196. The first-order chi connectivity index (χ1) is 6.55. The molecule has 0 aromatic heterocycles. The maximum absolute atomic E-state index is 12.4. The van der Waals surface area contributed by atoms with Gasteiger partial charge in [-0.3, -0.25) is 0 Å². The average Bonchev–Trinajstić information content (AvgIpc) is 2.14. The smallest absolute Gasteiger partial charge is 0.482 e. The second-order valence-electron chi connectivity index (χ2n) is 2.56. The monoisotopic (exact) mass is 239 g/mol. The Kier molecular flexibility index (Phi) is 6.56. The Bertz CT molecular complexity index is 364. The summed E-state index contributed by atoms with van der Waals surface area (Å²) < 4.78 is 41.8. The van der Waals surface area contributed by atoms with Gasteiger partial charge in [0.15, 0.2) is 6.61 Å². The topological polar surface area (TPSA) is 33.0 Å². The van der Waals surface area contributed by atoms with Gasteiger partial charge >= 0.3 is 58.4 Å². The van der Waals surface area contributed by atoms with E-state index in [4.69, 9.17) is 5.26 Å². The normalized spacial score (nSPS) is 10.0. The number of nitrogens with zero attached hydrogens (tertiary/aromatic N) is 1. The van der Waals surface area contributed by atoms with E-state index in [1.165, 1.54) is 18.2 Å². The van der Waals surface area contributed by atoms with Crippen molar-refractivity contribution in [2.24, 2.45) is 0 Å². The Hall–Kier alpha value is 0.00130. The van der Waals surface area contributed by atoms with Gasteiger partial charge < -0.3 is 17.7 Å². The zero-order chi connectivity index (χ0) is 10.6. The van der Waals surface area contributed by atoms with Crippen LogP contribution in [0.15, 0.2) is 24.3 Å². The van der Waals surface area contributed by atoms with Crippen molar-refractivity contribution in [3.05, 3.63) is 24.3 Å². The van der Waals surface area contributed by atoms with Gasteiger partial charge in [-0.2, -0.15) is 5.26 Å². The molecule has 0 N–H and O–H groups in total. The molecule has 0 fully saturated rings. The first kappa shape index (κ1) is 15.0. The molecule has 7 heteroatoms.